The maximum Gasteiger partial charge on any atom is 0.229 e. The number of anilines is 3. The van der Waals surface area contributed by atoms with Crippen molar-refractivity contribution in [3.05, 3.63) is 77.5 Å². The van der Waals surface area contributed by atoms with Crippen LogP contribution >= 0.6 is 0 Å². The van der Waals surface area contributed by atoms with Crippen molar-refractivity contribution in [2.75, 3.05) is 16.8 Å². The highest BCUT2D eigenvalue weighted by molar-refractivity contribution is 5.57. The van der Waals surface area contributed by atoms with Crippen molar-refractivity contribution in [3.8, 4) is 0 Å². The Morgan fingerprint density at radius 2 is 1.71 bits per heavy atom. The largest absolute Gasteiger partial charge is 0.351 e. The van der Waals surface area contributed by atoms with Gasteiger partial charge in [-0.2, -0.15) is 4.98 Å². The standard InChI is InChI=1S/C24H26N4/c1-24(2)16-28(15-18-8-6-7-11-20(18)24)22-14-21(17-12-13-17)26-23(27-22)25-19-9-4-3-5-10-19/h3-11,14,17H,12-13,15-16H2,1-2H3,(H,25,26,27). The molecule has 0 amide bonds. The van der Waals surface area contributed by atoms with Crippen molar-refractivity contribution in [2.24, 2.45) is 0 Å². The summed E-state index contributed by atoms with van der Waals surface area (Å²) in [5, 5.41) is 3.40. The molecular weight excluding hydrogens is 344 g/mol. The minimum absolute atomic E-state index is 0.0898. The Bertz CT molecular complexity index is 992. The van der Waals surface area contributed by atoms with Gasteiger partial charge in [-0.1, -0.05) is 56.3 Å². The topological polar surface area (TPSA) is 41.1 Å². The van der Waals surface area contributed by atoms with E-state index in [1.54, 1.807) is 0 Å². The molecule has 2 heterocycles. The minimum atomic E-state index is 0.0898. The molecule has 4 nitrogen and oxygen atoms in total. The Morgan fingerprint density at radius 1 is 0.964 bits per heavy atom. The van der Waals surface area contributed by atoms with E-state index in [0.717, 1.165) is 24.6 Å². The summed E-state index contributed by atoms with van der Waals surface area (Å²) >= 11 is 0. The van der Waals surface area contributed by atoms with E-state index in [2.05, 4.69) is 54.4 Å². The fourth-order valence-electron chi connectivity index (χ4n) is 4.21. The van der Waals surface area contributed by atoms with E-state index < -0.39 is 0 Å². The third-order valence-corrected chi connectivity index (χ3v) is 5.78. The van der Waals surface area contributed by atoms with Crippen LogP contribution in [0, 0.1) is 0 Å². The molecule has 3 aromatic rings. The summed E-state index contributed by atoms with van der Waals surface area (Å²) in [4.78, 5) is 12.1. The molecule has 1 aliphatic carbocycles. The maximum atomic E-state index is 4.90. The van der Waals surface area contributed by atoms with Crippen LogP contribution in [0.1, 0.15) is 49.4 Å². The van der Waals surface area contributed by atoms with Crippen molar-refractivity contribution in [3.63, 3.8) is 0 Å². The lowest BCUT2D eigenvalue weighted by atomic mass is 9.78. The summed E-state index contributed by atoms with van der Waals surface area (Å²) in [5.41, 5.74) is 5.12. The van der Waals surface area contributed by atoms with Crippen molar-refractivity contribution in [2.45, 2.75) is 44.6 Å². The smallest absolute Gasteiger partial charge is 0.229 e. The highest BCUT2D eigenvalue weighted by Gasteiger charge is 2.33. The third kappa shape index (κ3) is 3.35. The lowest BCUT2D eigenvalue weighted by Crippen LogP contribution is -2.42. The number of nitrogens with zero attached hydrogens (tertiary/aromatic N) is 3. The summed E-state index contributed by atoms with van der Waals surface area (Å²) in [7, 11) is 0. The molecule has 5 rings (SSSR count). The second-order valence-corrected chi connectivity index (χ2v) is 8.64. The van der Waals surface area contributed by atoms with E-state index in [-0.39, 0.29) is 5.41 Å². The number of para-hydroxylation sites is 1. The number of nitrogens with one attached hydrogen (secondary N) is 1. The number of aromatic nitrogens is 2. The van der Waals surface area contributed by atoms with Gasteiger partial charge < -0.3 is 10.2 Å². The zero-order chi connectivity index (χ0) is 19.1. The van der Waals surface area contributed by atoms with Gasteiger partial charge in [0, 0.05) is 36.2 Å². The SMILES string of the molecule is CC1(C)CN(c2cc(C3CC3)nc(Nc3ccccc3)n2)Cc2ccccc21. The number of hydrogen-bond acceptors (Lipinski definition) is 4. The number of fused-ring (bicyclic) bond motifs is 1. The monoisotopic (exact) mass is 370 g/mol. The van der Waals surface area contributed by atoms with Gasteiger partial charge in [-0.25, -0.2) is 4.98 Å². The summed E-state index contributed by atoms with van der Waals surface area (Å²) in [6.45, 7) is 6.50. The van der Waals surface area contributed by atoms with E-state index in [1.807, 2.05) is 30.3 Å². The molecule has 2 aromatic carbocycles. The van der Waals surface area contributed by atoms with Crippen molar-refractivity contribution < 1.29 is 0 Å². The molecule has 0 saturated heterocycles. The molecule has 1 fully saturated rings. The number of benzene rings is 2. The molecule has 1 saturated carbocycles. The van der Waals surface area contributed by atoms with Gasteiger partial charge in [0.2, 0.25) is 5.95 Å². The Morgan fingerprint density at radius 3 is 2.50 bits per heavy atom. The van der Waals surface area contributed by atoms with E-state index in [0.29, 0.717) is 11.9 Å². The molecule has 1 aromatic heterocycles. The molecule has 0 unspecified atom stereocenters. The summed E-state index contributed by atoms with van der Waals surface area (Å²) in [6, 6.07) is 21.2. The second-order valence-electron chi connectivity index (χ2n) is 8.64. The second kappa shape index (κ2) is 6.62. The van der Waals surface area contributed by atoms with Crippen molar-refractivity contribution in [1.29, 1.82) is 0 Å². The molecule has 0 spiro atoms. The number of rotatable bonds is 4. The summed E-state index contributed by atoms with van der Waals surface area (Å²) < 4.78 is 0. The van der Waals surface area contributed by atoms with Crippen molar-refractivity contribution >= 4 is 17.5 Å². The van der Waals surface area contributed by atoms with E-state index in [9.17, 15) is 0 Å². The van der Waals surface area contributed by atoms with Crippen LogP contribution in [0.25, 0.3) is 0 Å². The molecular formula is C24H26N4. The van der Waals surface area contributed by atoms with Crippen LogP contribution in [0.5, 0.6) is 0 Å². The Hall–Kier alpha value is -2.88. The predicted octanol–water partition coefficient (Wildman–Crippen LogP) is 5.40. The van der Waals surface area contributed by atoms with E-state index in [1.165, 1.54) is 29.7 Å². The molecule has 1 aliphatic heterocycles. The van der Waals surface area contributed by atoms with Gasteiger partial charge in [0.15, 0.2) is 0 Å². The first-order chi connectivity index (χ1) is 13.6. The zero-order valence-electron chi connectivity index (χ0n) is 16.5. The molecule has 0 atom stereocenters. The Balaban J connectivity index is 1.51. The lowest BCUT2D eigenvalue weighted by Gasteiger charge is -2.40. The van der Waals surface area contributed by atoms with Gasteiger partial charge in [-0.3, -0.25) is 0 Å². The average Bonchev–Trinajstić information content (AvgIpc) is 3.53. The predicted molar refractivity (Wildman–Crippen MR) is 114 cm³/mol. The maximum absolute atomic E-state index is 4.90. The van der Waals surface area contributed by atoms with Crippen LogP contribution < -0.4 is 10.2 Å². The molecule has 142 valence electrons. The highest BCUT2D eigenvalue weighted by Crippen LogP contribution is 2.41. The third-order valence-electron chi connectivity index (χ3n) is 5.78. The van der Waals surface area contributed by atoms with Crippen LogP contribution in [-0.4, -0.2) is 16.5 Å². The van der Waals surface area contributed by atoms with Crippen LogP contribution in [-0.2, 0) is 12.0 Å². The zero-order valence-corrected chi connectivity index (χ0v) is 16.5. The van der Waals surface area contributed by atoms with E-state index >= 15 is 0 Å². The van der Waals surface area contributed by atoms with Crippen LogP contribution in [0.4, 0.5) is 17.5 Å². The summed E-state index contributed by atoms with van der Waals surface area (Å²) in [6.07, 6.45) is 2.46. The van der Waals surface area contributed by atoms with Gasteiger partial charge in [0.25, 0.3) is 0 Å². The quantitative estimate of drug-likeness (QED) is 0.668. The minimum Gasteiger partial charge on any atom is -0.351 e. The first-order valence-corrected chi connectivity index (χ1v) is 10.1. The van der Waals surface area contributed by atoms with Gasteiger partial charge in [0.05, 0.1) is 5.69 Å². The Labute approximate surface area is 166 Å². The van der Waals surface area contributed by atoms with Gasteiger partial charge in [0.1, 0.15) is 5.82 Å². The number of hydrogen-bond donors (Lipinski definition) is 1. The molecule has 0 radical (unpaired) electrons. The molecule has 2 aliphatic rings. The molecule has 1 N–H and O–H groups in total. The van der Waals surface area contributed by atoms with Crippen molar-refractivity contribution in [1.82, 2.24) is 9.97 Å². The highest BCUT2D eigenvalue weighted by atomic mass is 15.2. The van der Waals surface area contributed by atoms with Gasteiger partial charge >= 0.3 is 0 Å². The van der Waals surface area contributed by atoms with Crippen LogP contribution in [0.2, 0.25) is 0 Å². The first-order valence-electron chi connectivity index (χ1n) is 10.1. The normalized spacial score (nSPS) is 17.9. The fourth-order valence-corrected chi connectivity index (χ4v) is 4.21. The summed E-state index contributed by atoms with van der Waals surface area (Å²) in [5.74, 6) is 2.31. The Kier molecular flexibility index (Phi) is 4.08. The van der Waals surface area contributed by atoms with Crippen LogP contribution in [0.15, 0.2) is 60.7 Å². The average molecular weight is 371 g/mol. The lowest BCUT2D eigenvalue weighted by molar-refractivity contribution is 0.474. The van der Waals surface area contributed by atoms with Crippen LogP contribution in [0.3, 0.4) is 0 Å². The van der Waals surface area contributed by atoms with Gasteiger partial charge in [-0.15, -0.1) is 0 Å². The fraction of sp³-hybridized carbons (Fsp3) is 0.333. The molecule has 0 bridgehead atoms. The first kappa shape index (κ1) is 17.2. The molecule has 4 heteroatoms. The van der Waals surface area contributed by atoms with E-state index in [4.69, 9.17) is 9.97 Å². The molecule has 28 heavy (non-hydrogen) atoms. The van der Waals surface area contributed by atoms with Gasteiger partial charge in [-0.05, 0) is 36.1 Å².